The van der Waals surface area contributed by atoms with E-state index in [0.717, 1.165) is 25.9 Å². The summed E-state index contributed by atoms with van der Waals surface area (Å²) in [5, 5.41) is 20.7. The molecule has 1 saturated heterocycles. The van der Waals surface area contributed by atoms with Crippen molar-refractivity contribution in [2.45, 2.75) is 38.1 Å². The molecule has 1 fully saturated rings. The number of primary amides is 1. The molecule has 168 valence electrons. The van der Waals surface area contributed by atoms with Crippen LogP contribution >= 0.6 is 0 Å². The fraction of sp³-hybridized carbons (Fsp3) is 0.455. The van der Waals surface area contributed by atoms with Gasteiger partial charge in [-0.1, -0.05) is 6.42 Å². The standard InChI is InChI=1S/C22H28N2O7/c1-29-17-8-13(9-18(30-2)21(17)28)15(11-19(23)26)22-20(27)16(25)10-14(31-22)12-24-6-4-3-5-7-24/h8-10,15,27-28H,3-7,11-12H2,1-2H3,(H2,23,26). The number of ether oxygens (including phenoxy) is 2. The molecule has 0 spiro atoms. The van der Waals surface area contributed by atoms with Crippen LogP contribution in [0.4, 0.5) is 0 Å². The summed E-state index contributed by atoms with van der Waals surface area (Å²) >= 11 is 0. The second-order valence-corrected chi connectivity index (χ2v) is 7.62. The van der Waals surface area contributed by atoms with Crippen LogP contribution in [0.2, 0.25) is 0 Å². The fourth-order valence-corrected chi connectivity index (χ4v) is 3.89. The van der Waals surface area contributed by atoms with Crippen LogP contribution in [-0.2, 0) is 11.3 Å². The van der Waals surface area contributed by atoms with E-state index < -0.39 is 23.0 Å². The van der Waals surface area contributed by atoms with Gasteiger partial charge >= 0.3 is 0 Å². The summed E-state index contributed by atoms with van der Waals surface area (Å²) in [6.07, 6.45) is 3.09. The number of rotatable bonds is 8. The zero-order chi connectivity index (χ0) is 22.5. The van der Waals surface area contributed by atoms with Gasteiger partial charge in [0.2, 0.25) is 22.8 Å². The van der Waals surface area contributed by atoms with E-state index in [1.807, 2.05) is 0 Å². The Hall–Kier alpha value is -3.20. The Labute approximate surface area is 180 Å². The summed E-state index contributed by atoms with van der Waals surface area (Å²) in [7, 11) is 2.75. The van der Waals surface area contributed by atoms with Gasteiger partial charge in [0.1, 0.15) is 5.76 Å². The molecule has 31 heavy (non-hydrogen) atoms. The van der Waals surface area contributed by atoms with Crippen molar-refractivity contribution in [2.24, 2.45) is 5.73 Å². The summed E-state index contributed by atoms with van der Waals surface area (Å²) in [6, 6.07) is 4.25. The Balaban J connectivity index is 2.08. The molecule has 1 unspecified atom stereocenters. The third-order valence-corrected chi connectivity index (χ3v) is 5.45. The van der Waals surface area contributed by atoms with E-state index in [1.54, 1.807) is 0 Å². The van der Waals surface area contributed by atoms with Crippen LogP contribution in [0.1, 0.15) is 48.7 Å². The van der Waals surface area contributed by atoms with Gasteiger partial charge in [-0.2, -0.15) is 0 Å². The maximum atomic E-state index is 12.5. The summed E-state index contributed by atoms with van der Waals surface area (Å²) in [5.74, 6) is -1.78. The van der Waals surface area contributed by atoms with E-state index in [4.69, 9.17) is 19.6 Å². The van der Waals surface area contributed by atoms with Gasteiger partial charge in [0.15, 0.2) is 17.3 Å². The van der Waals surface area contributed by atoms with Crippen LogP contribution in [0.3, 0.4) is 0 Å². The quantitative estimate of drug-likeness (QED) is 0.577. The molecule has 4 N–H and O–H groups in total. The minimum Gasteiger partial charge on any atom is -0.502 e. The Kier molecular flexibility index (Phi) is 7.06. The molecule has 1 aliphatic heterocycles. The minimum atomic E-state index is -0.880. The molecule has 2 aromatic rings. The van der Waals surface area contributed by atoms with Crippen LogP contribution in [0.15, 0.2) is 27.4 Å². The molecule has 1 amide bonds. The Morgan fingerprint density at radius 1 is 1.10 bits per heavy atom. The number of nitrogens with zero attached hydrogens (tertiary/aromatic N) is 1. The number of piperidine rings is 1. The highest BCUT2D eigenvalue weighted by molar-refractivity contribution is 5.75. The zero-order valence-electron chi connectivity index (χ0n) is 17.7. The smallest absolute Gasteiger partial charge is 0.227 e. The van der Waals surface area contributed by atoms with Crippen molar-refractivity contribution in [3.63, 3.8) is 0 Å². The molecule has 9 nitrogen and oxygen atoms in total. The lowest BCUT2D eigenvalue weighted by Gasteiger charge is -2.26. The maximum Gasteiger partial charge on any atom is 0.227 e. The van der Waals surface area contributed by atoms with Crippen molar-refractivity contribution >= 4 is 5.91 Å². The molecule has 0 saturated carbocycles. The summed E-state index contributed by atoms with van der Waals surface area (Å²) in [6.45, 7) is 2.22. The number of aromatic hydroxyl groups is 2. The number of hydrogen-bond donors (Lipinski definition) is 3. The lowest BCUT2D eigenvalue weighted by molar-refractivity contribution is -0.118. The molecule has 1 aromatic carbocycles. The van der Waals surface area contributed by atoms with Gasteiger partial charge in [0, 0.05) is 12.5 Å². The molecule has 0 radical (unpaired) electrons. The number of phenolic OH excluding ortho intramolecular Hbond substituents is 1. The van der Waals surface area contributed by atoms with Crippen LogP contribution in [0.5, 0.6) is 23.0 Å². The van der Waals surface area contributed by atoms with Crippen molar-refractivity contribution in [1.82, 2.24) is 4.90 Å². The summed E-state index contributed by atoms with van der Waals surface area (Å²) in [5.41, 5.74) is 5.29. The van der Waals surface area contributed by atoms with Crippen LogP contribution in [0.25, 0.3) is 0 Å². The predicted octanol–water partition coefficient (Wildman–Crippen LogP) is 2.06. The molecule has 0 aliphatic carbocycles. The number of carbonyl (C=O) groups is 1. The molecule has 0 bridgehead atoms. The van der Waals surface area contributed by atoms with Gasteiger partial charge in [-0.05, 0) is 43.6 Å². The number of benzene rings is 1. The Morgan fingerprint density at radius 2 is 1.71 bits per heavy atom. The molecule has 1 aliphatic rings. The first kappa shape index (κ1) is 22.5. The van der Waals surface area contributed by atoms with Crippen LogP contribution in [-0.4, -0.2) is 48.3 Å². The normalized spacial score (nSPS) is 15.4. The molecular formula is C22H28N2O7. The third-order valence-electron chi connectivity index (χ3n) is 5.45. The highest BCUT2D eigenvalue weighted by Crippen LogP contribution is 2.42. The second kappa shape index (κ2) is 9.74. The van der Waals surface area contributed by atoms with Gasteiger partial charge in [-0.25, -0.2) is 0 Å². The lowest BCUT2D eigenvalue weighted by Crippen LogP contribution is -2.29. The first-order valence-corrected chi connectivity index (χ1v) is 10.2. The van der Waals surface area contributed by atoms with Gasteiger partial charge in [0.05, 0.1) is 26.7 Å². The second-order valence-electron chi connectivity index (χ2n) is 7.62. The molecule has 2 heterocycles. The number of phenols is 1. The summed E-state index contributed by atoms with van der Waals surface area (Å²) in [4.78, 5) is 26.5. The van der Waals surface area contributed by atoms with E-state index in [1.165, 1.54) is 38.8 Å². The average molecular weight is 432 g/mol. The van der Waals surface area contributed by atoms with E-state index in [0.29, 0.717) is 17.9 Å². The van der Waals surface area contributed by atoms with E-state index in [9.17, 15) is 19.8 Å². The first-order chi connectivity index (χ1) is 14.8. The van der Waals surface area contributed by atoms with E-state index in [-0.39, 0.29) is 29.4 Å². The number of carbonyl (C=O) groups excluding carboxylic acids is 1. The number of methoxy groups -OCH3 is 2. The number of hydrogen-bond acceptors (Lipinski definition) is 8. The van der Waals surface area contributed by atoms with Gasteiger partial charge in [-0.15, -0.1) is 0 Å². The highest BCUT2D eigenvalue weighted by Gasteiger charge is 2.28. The van der Waals surface area contributed by atoms with E-state index in [2.05, 4.69) is 4.90 Å². The molecule has 9 heteroatoms. The van der Waals surface area contributed by atoms with Crippen molar-refractivity contribution in [3.8, 4) is 23.0 Å². The Bertz CT molecular complexity index is 971. The van der Waals surface area contributed by atoms with Crippen molar-refractivity contribution < 1.29 is 28.9 Å². The Morgan fingerprint density at radius 3 is 2.26 bits per heavy atom. The first-order valence-electron chi connectivity index (χ1n) is 10.2. The SMILES string of the molecule is COc1cc(C(CC(N)=O)c2oc(CN3CCCCC3)cc(=O)c2O)cc(OC)c1O. The van der Waals surface area contributed by atoms with Crippen LogP contribution < -0.4 is 20.6 Å². The molecule has 3 rings (SSSR count). The van der Waals surface area contributed by atoms with Crippen molar-refractivity contribution in [3.05, 3.63) is 45.5 Å². The number of amides is 1. The number of likely N-dealkylation sites (tertiary alicyclic amines) is 1. The zero-order valence-corrected chi connectivity index (χ0v) is 17.7. The lowest BCUT2D eigenvalue weighted by atomic mass is 9.91. The minimum absolute atomic E-state index is 0.0619. The predicted molar refractivity (Wildman–Crippen MR) is 113 cm³/mol. The topological polar surface area (TPSA) is 135 Å². The van der Waals surface area contributed by atoms with Crippen LogP contribution in [0, 0.1) is 0 Å². The largest absolute Gasteiger partial charge is 0.502 e. The van der Waals surface area contributed by atoms with Crippen molar-refractivity contribution in [1.29, 1.82) is 0 Å². The highest BCUT2D eigenvalue weighted by atomic mass is 16.5. The van der Waals surface area contributed by atoms with Gasteiger partial charge < -0.3 is 29.8 Å². The van der Waals surface area contributed by atoms with E-state index >= 15 is 0 Å². The summed E-state index contributed by atoms with van der Waals surface area (Å²) < 4.78 is 16.3. The van der Waals surface area contributed by atoms with Crippen molar-refractivity contribution in [2.75, 3.05) is 27.3 Å². The van der Waals surface area contributed by atoms with Gasteiger partial charge in [0.25, 0.3) is 0 Å². The molecule has 1 aromatic heterocycles. The number of nitrogens with two attached hydrogens (primary N) is 1. The molecular weight excluding hydrogens is 404 g/mol. The van der Waals surface area contributed by atoms with Gasteiger partial charge in [-0.3, -0.25) is 14.5 Å². The third kappa shape index (κ3) is 5.11. The monoisotopic (exact) mass is 432 g/mol. The maximum absolute atomic E-state index is 12.5. The molecule has 1 atom stereocenters. The fourth-order valence-electron chi connectivity index (χ4n) is 3.89. The average Bonchev–Trinajstić information content (AvgIpc) is 2.75.